The molecule has 0 spiro atoms. The minimum atomic E-state index is -1.12. The molecular formula is C12H19NO7. The molecule has 0 aromatic carbocycles. The summed E-state index contributed by atoms with van der Waals surface area (Å²) in [6, 6.07) is 2.29. The van der Waals surface area contributed by atoms with Gasteiger partial charge in [-0.3, -0.25) is 4.84 Å². The number of hydrogen-bond acceptors (Lipinski definition) is 7. The molecule has 0 radical (unpaired) electrons. The number of nitrogens with zero attached hydrogens (tertiary/aromatic N) is 1. The number of aliphatic hydroxyl groups excluding tert-OH is 1. The zero-order chi connectivity index (χ0) is 15.3. The van der Waals surface area contributed by atoms with Crippen LogP contribution in [0.1, 0.15) is 20.8 Å². The van der Waals surface area contributed by atoms with Crippen LogP contribution in [0.5, 0.6) is 11.8 Å². The van der Waals surface area contributed by atoms with Gasteiger partial charge in [0.25, 0.3) is 0 Å². The molecule has 0 saturated heterocycles. The Morgan fingerprint density at radius 2 is 1.80 bits per heavy atom. The highest BCUT2D eigenvalue weighted by Crippen LogP contribution is 2.20. The van der Waals surface area contributed by atoms with Gasteiger partial charge in [-0.25, -0.2) is 4.79 Å². The molecule has 8 nitrogen and oxygen atoms in total. The van der Waals surface area contributed by atoms with Crippen LogP contribution in [0.4, 0.5) is 4.79 Å². The lowest BCUT2D eigenvalue weighted by atomic mass is 9.96. The van der Waals surface area contributed by atoms with Gasteiger partial charge in [0.05, 0.1) is 6.61 Å². The van der Waals surface area contributed by atoms with Crippen LogP contribution in [0.25, 0.3) is 0 Å². The summed E-state index contributed by atoms with van der Waals surface area (Å²) in [6.07, 6.45) is -2.11. The van der Waals surface area contributed by atoms with Crippen LogP contribution in [0.3, 0.4) is 0 Å². The molecule has 1 heterocycles. The van der Waals surface area contributed by atoms with E-state index in [1.54, 1.807) is 20.8 Å². The third-order valence-corrected chi connectivity index (χ3v) is 2.28. The molecule has 0 bridgehead atoms. The molecule has 1 aromatic heterocycles. The van der Waals surface area contributed by atoms with E-state index in [1.165, 1.54) is 0 Å². The van der Waals surface area contributed by atoms with Gasteiger partial charge >= 0.3 is 6.16 Å². The Balaban J connectivity index is 2.28. The molecule has 20 heavy (non-hydrogen) atoms. The SMILES string of the molecule is CC(C)(C)C(O)OCCOC(=O)On1c(O)ccc1O. The zero-order valence-electron chi connectivity index (χ0n) is 11.6. The molecule has 114 valence electrons. The highest BCUT2D eigenvalue weighted by Gasteiger charge is 2.22. The Morgan fingerprint density at radius 3 is 2.30 bits per heavy atom. The summed E-state index contributed by atoms with van der Waals surface area (Å²) in [5.74, 6) is -0.891. The fourth-order valence-corrected chi connectivity index (χ4v) is 1.13. The highest BCUT2D eigenvalue weighted by atomic mass is 16.8. The van der Waals surface area contributed by atoms with Gasteiger partial charge in [-0.1, -0.05) is 20.8 Å². The van der Waals surface area contributed by atoms with E-state index in [-0.39, 0.29) is 13.2 Å². The van der Waals surface area contributed by atoms with Gasteiger partial charge in [0.1, 0.15) is 6.61 Å². The fraction of sp³-hybridized carbons (Fsp3) is 0.583. The topological polar surface area (TPSA) is 110 Å². The second kappa shape index (κ2) is 6.49. The number of ether oxygens (including phenoxy) is 2. The van der Waals surface area contributed by atoms with Crippen molar-refractivity contribution in [1.82, 2.24) is 4.73 Å². The van der Waals surface area contributed by atoms with E-state index in [1.807, 2.05) is 0 Å². The van der Waals surface area contributed by atoms with Gasteiger partial charge in [0, 0.05) is 17.5 Å². The van der Waals surface area contributed by atoms with Gasteiger partial charge in [0.15, 0.2) is 6.29 Å². The Kier molecular flexibility index (Phi) is 5.23. The average molecular weight is 289 g/mol. The van der Waals surface area contributed by atoms with Crippen molar-refractivity contribution in [3.63, 3.8) is 0 Å². The molecule has 1 unspecified atom stereocenters. The van der Waals surface area contributed by atoms with Crippen molar-refractivity contribution in [2.24, 2.45) is 5.41 Å². The second-order valence-electron chi connectivity index (χ2n) is 5.12. The van der Waals surface area contributed by atoms with Gasteiger partial charge in [0.2, 0.25) is 11.8 Å². The number of aromatic nitrogens is 1. The molecule has 1 atom stereocenters. The lowest BCUT2D eigenvalue weighted by Crippen LogP contribution is -2.30. The first kappa shape index (κ1) is 16.1. The minimum absolute atomic E-state index is 0.0167. The van der Waals surface area contributed by atoms with E-state index >= 15 is 0 Å². The van der Waals surface area contributed by atoms with E-state index in [0.29, 0.717) is 4.73 Å². The van der Waals surface area contributed by atoms with Crippen molar-refractivity contribution in [3.8, 4) is 11.8 Å². The number of aliphatic hydroxyl groups is 1. The predicted octanol–water partition coefficient (Wildman–Crippen LogP) is 0.846. The molecule has 8 heteroatoms. The van der Waals surface area contributed by atoms with E-state index in [2.05, 4.69) is 9.57 Å². The van der Waals surface area contributed by atoms with E-state index in [4.69, 9.17) is 4.74 Å². The van der Waals surface area contributed by atoms with E-state index in [0.717, 1.165) is 12.1 Å². The second-order valence-corrected chi connectivity index (χ2v) is 5.12. The van der Waals surface area contributed by atoms with Crippen LogP contribution in [0, 0.1) is 5.41 Å². The van der Waals surface area contributed by atoms with Crippen LogP contribution in [-0.4, -0.2) is 45.7 Å². The summed E-state index contributed by atoms with van der Waals surface area (Å²) in [5, 5.41) is 28.0. The normalized spacial score (nSPS) is 13.0. The molecule has 0 amide bonds. The summed E-state index contributed by atoms with van der Waals surface area (Å²) in [7, 11) is 0. The van der Waals surface area contributed by atoms with Gasteiger partial charge < -0.3 is 24.8 Å². The summed E-state index contributed by atoms with van der Waals surface area (Å²) < 4.78 is 10.2. The maximum Gasteiger partial charge on any atom is 0.534 e. The summed E-state index contributed by atoms with van der Waals surface area (Å²) in [5.41, 5.74) is -0.441. The molecule has 0 saturated carbocycles. The Bertz CT molecular complexity index is 430. The molecule has 0 aliphatic heterocycles. The highest BCUT2D eigenvalue weighted by molar-refractivity contribution is 5.60. The van der Waals surface area contributed by atoms with Crippen molar-refractivity contribution in [1.29, 1.82) is 0 Å². The number of carbonyl (C=O) groups excluding carboxylic acids is 1. The molecule has 1 rings (SSSR count). The molecule has 0 fully saturated rings. The first-order valence-electron chi connectivity index (χ1n) is 5.96. The Hall–Kier alpha value is -1.93. The number of hydrogen-bond donors (Lipinski definition) is 3. The van der Waals surface area contributed by atoms with Crippen molar-refractivity contribution in [2.45, 2.75) is 27.1 Å². The van der Waals surface area contributed by atoms with E-state index in [9.17, 15) is 20.1 Å². The number of aromatic hydroxyl groups is 2. The van der Waals surface area contributed by atoms with Crippen molar-refractivity contribution in [3.05, 3.63) is 12.1 Å². The maximum absolute atomic E-state index is 11.3. The molecule has 1 aromatic rings. The molecule has 0 aliphatic carbocycles. The monoisotopic (exact) mass is 289 g/mol. The molecule has 0 aliphatic rings. The Morgan fingerprint density at radius 1 is 1.25 bits per heavy atom. The maximum atomic E-state index is 11.3. The fourth-order valence-electron chi connectivity index (χ4n) is 1.13. The number of carbonyl (C=O) groups is 1. The molecule has 3 N–H and O–H groups in total. The van der Waals surface area contributed by atoms with Gasteiger partial charge in [-0.2, -0.15) is 0 Å². The summed E-state index contributed by atoms with van der Waals surface area (Å²) in [4.78, 5) is 15.8. The minimum Gasteiger partial charge on any atom is -0.492 e. The van der Waals surface area contributed by atoms with Gasteiger partial charge in [-0.15, -0.1) is 4.73 Å². The Labute approximate surface area is 116 Å². The summed E-state index contributed by atoms with van der Waals surface area (Å²) in [6.45, 7) is 5.23. The average Bonchev–Trinajstić information content (AvgIpc) is 2.65. The quantitative estimate of drug-likeness (QED) is 0.418. The predicted molar refractivity (Wildman–Crippen MR) is 67.1 cm³/mol. The first-order valence-corrected chi connectivity index (χ1v) is 5.96. The van der Waals surface area contributed by atoms with Gasteiger partial charge in [-0.05, 0) is 0 Å². The van der Waals surface area contributed by atoms with E-state index < -0.39 is 29.6 Å². The third-order valence-electron chi connectivity index (χ3n) is 2.28. The lowest BCUT2D eigenvalue weighted by Gasteiger charge is -2.25. The summed E-state index contributed by atoms with van der Waals surface area (Å²) >= 11 is 0. The lowest BCUT2D eigenvalue weighted by molar-refractivity contribution is -0.164. The van der Waals surface area contributed by atoms with Crippen molar-refractivity contribution < 1.29 is 34.4 Å². The van der Waals surface area contributed by atoms with Crippen LogP contribution in [-0.2, 0) is 9.47 Å². The standard InChI is InChI=1S/C12H19NO7/c1-12(2,3)10(16)18-6-7-19-11(17)20-13-8(14)4-5-9(13)15/h4-5,10,14-16H,6-7H2,1-3H3. The van der Waals surface area contributed by atoms with Crippen LogP contribution in [0.15, 0.2) is 12.1 Å². The van der Waals surface area contributed by atoms with Crippen LogP contribution < -0.4 is 4.84 Å². The van der Waals surface area contributed by atoms with Crippen LogP contribution >= 0.6 is 0 Å². The number of rotatable bonds is 5. The van der Waals surface area contributed by atoms with Crippen LogP contribution in [0.2, 0.25) is 0 Å². The third kappa shape index (κ3) is 4.63. The van der Waals surface area contributed by atoms with Crippen molar-refractivity contribution in [2.75, 3.05) is 13.2 Å². The van der Waals surface area contributed by atoms with Crippen molar-refractivity contribution >= 4 is 6.16 Å². The molecular weight excluding hydrogens is 270 g/mol. The smallest absolute Gasteiger partial charge is 0.492 e. The largest absolute Gasteiger partial charge is 0.534 e. The first-order chi connectivity index (χ1) is 9.21. The zero-order valence-corrected chi connectivity index (χ0v) is 11.6.